The van der Waals surface area contributed by atoms with Crippen LogP contribution in [0.25, 0.3) is 0 Å². The van der Waals surface area contributed by atoms with Crippen molar-refractivity contribution in [2.24, 2.45) is 17.1 Å². The average Bonchev–Trinajstić information content (AvgIpc) is 2.80. The Kier molecular flexibility index (Phi) is 6.40. The maximum atomic E-state index is 12.1. The van der Waals surface area contributed by atoms with Gasteiger partial charge in [-0.05, 0) is 37.6 Å². The summed E-state index contributed by atoms with van der Waals surface area (Å²) in [4.78, 5) is 16.4. The minimum atomic E-state index is 0.210. The van der Waals surface area contributed by atoms with Gasteiger partial charge in [0.25, 0.3) is 0 Å². The molecule has 0 saturated heterocycles. The van der Waals surface area contributed by atoms with Crippen molar-refractivity contribution in [3.05, 3.63) is 18.2 Å². The van der Waals surface area contributed by atoms with Crippen molar-refractivity contribution in [2.75, 3.05) is 6.54 Å². The van der Waals surface area contributed by atoms with Crippen LogP contribution in [0.15, 0.2) is 12.4 Å². The van der Waals surface area contributed by atoms with Crippen molar-refractivity contribution in [3.63, 3.8) is 0 Å². The summed E-state index contributed by atoms with van der Waals surface area (Å²) >= 11 is 0. The first-order chi connectivity index (χ1) is 9.38. The molecule has 0 fully saturated rings. The van der Waals surface area contributed by atoms with Gasteiger partial charge in [0, 0.05) is 25.4 Å². The molecule has 0 aromatic carbocycles. The Balaban J connectivity index is 2.50. The highest BCUT2D eigenvalue weighted by Crippen LogP contribution is 2.32. The molecule has 1 rings (SSSR count). The number of carbonyl (C=O) groups is 1. The molecular weight excluding hydrogens is 250 g/mol. The molecule has 0 bridgehead atoms. The van der Waals surface area contributed by atoms with Crippen LogP contribution in [0.5, 0.6) is 0 Å². The number of nitrogens with two attached hydrogens (primary N) is 1. The van der Waals surface area contributed by atoms with Crippen LogP contribution in [0, 0.1) is 11.3 Å². The van der Waals surface area contributed by atoms with E-state index in [4.69, 9.17) is 5.73 Å². The highest BCUT2D eigenvalue weighted by atomic mass is 16.1. The Morgan fingerprint density at radius 3 is 2.65 bits per heavy atom. The average molecular weight is 279 g/mol. The first kappa shape index (κ1) is 16.9. The van der Waals surface area contributed by atoms with Crippen LogP contribution in [-0.4, -0.2) is 21.9 Å². The van der Waals surface area contributed by atoms with E-state index < -0.39 is 0 Å². The van der Waals surface area contributed by atoms with Crippen LogP contribution in [0.4, 0.5) is 0 Å². The van der Waals surface area contributed by atoms with Crippen LogP contribution in [0.2, 0.25) is 0 Å². The predicted molar refractivity (Wildman–Crippen MR) is 82.5 cm³/mol. The van der Waals surface area contributed by atoms with Crippen molar-refractivity contribution < 1.29 is 4.79 Å². The zero-order chi connectivity index (χ0) is 15.2. The standard InChI is InChI=1S/C16H29N3O/c1-5-19-11-10-18-15(19)12-14(20)7-6-13(8-9-17)16(2,3)4/h10-11,13H,5-9,12,17H2,1-4H3. The number of imidazole rings is 1. The van der Waals surface area contributed by atoms with Crippen molar-refractivity contribution >= 4 is 5.78 Å². The topological polar surface area (TPSA) is 60.9 Å². The van der Waals surface area contributed by atoms with E-state index in [1.54, 1.807) is 6.20 Å². The van der Waals surface area contributed by atoms with Gasteiger partial charge in [-0.3, -0.25) is 4.79 Å². The normalized spacial score (nSPS) is 13.4. The summed E-state index contributed by atoms with van der Waals surface area (Å²) in [6, 6.07) is 0. The number of nitrogens with zero attached hydrogens (tertiary/aromatic N) is 2. The molecule has 1 aromatic rings. The van der Waals surface area contributed by atoms with Crippen LogP contribution < -0.4 is 5.73 Å². The lowest BCUT2D eigenvalue weighted by atomic mass is 9.76. The second-order valence-electron chi connectivity index (χ2n) is 6.52. The maximum absolute atomic E-state index is 12.1. The minimum absolute atomic E-state index is 0.210. The predicted octanol–water partition coefficient (Wildman–Crippen LogP) is 2.81. The van der Waals surface area contributed by atoms with Crippen LogP contribution in [0.1, 0.15) is 52.8 Å². The Hall–Kier alpha value is -1.16. The second kappa shape index (κ2) is 7.58. The molecule has 0 saturated carbocycles. The lowest BCUT2D eigenvalue weighted by molar-refractivity contribution is -0.119. The molecule has 1 atom stereocenters. The van der Waals surface area contributed by atoms with Gasteiger partial charge in [0.1, 0.15) is 11.6 Å². The van der Waals surface area contributed by atoms with E-state index in [2.05, 4.69) is 32.7 Å². The molecule has 1 heterocycles. The van der Waals surface area contributed by atoms with Crippen LogP contribution in [0.3, 0.4) is 0 Å². The van der Waals surface area contributed by atoms with Gasteiger partial charge in [-0.25, -0.2) is 4.98 Å². The number of carbonyl (C=O) groups excluding carboxylic acids is 1. The van der Waals surface area contributed by atoms with E-state index in [0.29, 0.717) is 25.3 Å². The highest BCUT2D eigenvalue weighted by molar-refractivity contribution is 5.80. The highest BCUT2D eigenvalue weighted by Gasteiger charge is 2.24. The van der Waals surface area contributed by atoms with Gasteiger partial charge in [-0.2, -0.15) is 0 Å². The van der Waals surface area contributed by atoms with Crippen molar-refractivity contribution in [1.82, 2.24) is 9.55 Å². The molecule has 0 aliphatic carbocycles. The molecule has 0 aliphatic rings. The largest absolute Gasteiger partial charge is 0.335 e. The molecule has 0 amide bonds. The minimum Gasteiger partial charge on any atom is -0.335 e. The number of hydrogen-bond acceptors (Lipinski definition) is 3. The smallest absolute Gasteiger partial charge is 0.140 e. The quantitative estimate of drug-likeness (QED) is 0.796. The van der Waals surface area contributed by atoms with Crippen LogP contribution >= 0.6 is 0 Å². The molecule has 20 heavy (non-hydrogen) atoms. The first-order valence-corrected chi connectivity index (χ1v) is 7.60. The van der Waals surface area contributed by atoms with Gasteiger partial charge < -0.3 is 10.3 Å². The Morgan fingerprint density at radius 1 is 1.40 bits per heavy atom. The summed E-state index contributed by atoms with van der Waals surface area (Å²) in [7, 11) is 0. The molecule has 4 heteroatoms. The Labute approximate surface area is 122 Å². The second-order valence-corrected chi connectivity index (χ2v) is 6.52. The van der Waals surface area contributed by atoms with E-state index in [1.165, 1.54) is 0 Å². The molecule has 1 aromatic heterocycles. The van der Waals surface area contributed by atoms with Gasteiger partial charge in [-0.1, -0.05) is 20.8 Å². The molecule has 4 nitrogen and oxygen atoms in total. The molecule has 1 unspecified atom stereocenters. The van der Waals surface area contributed by atoms with E-state index in [1.807, 2.05) is 10.8 Å². The SMILES string of the molecule is CCn1ccnc1CC(=O)CCC(CCN)C(C)(C)C. The molecule has 0 radical (unpaired) electrons. The summed E-state index contributed by atoms with van der Waals surface area (Å²) in [5.41, 5.74) is 5.89. The molecule has 2 N–H and O–H groups in total. The lowest BCUT2D eigenvalue weighted by Crippen LogP contribution is -2.24. The van der Waals surface area contributed by atoms with Crippen molar-refractivity contribution in [1.29, 1.82) is 0 Å². The number of Topliss-reactive ketones (excluding diaryl/α,β-unsaturated/α-hetero) is 1. The van der Waals surface area contributed by atoms with E-state index >= 15 is 0 Å². The number of ketones is 1. The van der Waals surface area contributed by atoms with Crippen molar-refractivity contribution in [2.45, 2.75) is 59.9 Å². The van der Waals surface area contributed by atoms with Crippen molar-refractivity contribution in [3.8, 4) is 0 Å². The first-order valence-electron chi connectivity index (χ1n) is 7.60. The zero-order valence-corrected chi connectivity index (χ0v) is 13.4. The van der Waals surface area contributed by atoms with E-state index in [0.717, 1.165) is 25.2 Å². The maximum Gasteiger partial charge on any atom is 0.140 e. The number of aryl methyl sites for hydroxylation is 1. The summed E-state index contributed by atoms with van der Waals surface area (Å²) in [6.07, 6.45) is 6.67. The van der Waals surface area contributed by atoms with E-state index in [-0.39, 0.29) is 11.2 Å². The fourth-order valence-electron chi connectivity index (χ4n) is 2.61. The Morgan fingerprint density at radius 2 is 2.10 bits per heavy atom. The summed E-state index contributed by atoms with van der Waals surface area (Å²) in [5, 5.41) is 0. The molecular formula is C16H29N3O. The fourth-order valence-corrected chi connectivity index (χ4v) is 2.61. The molecule has 0 spiro atoms. The van der Waals surface area contributed by atoms with Gasteiger partial charge in [0.2, 0.25) is 0 Å². The number of aromatic nitrogens is 2. The monoisotopic (exact) mass is 279 g/mol. The van der Waals surface area contributed by atoms with Crippen LogP contribution in [-0.2, 0) is 17.8 Å². The zero-order valence-electron chi connectivity index (χ0n) is 13.4. The third kappa shape index (κ3) is 5.08. The summed E-state index contributed by atoms with van der Waals surface area (Å²) < 4.78 is 2.03. The Bertz CT molecular complexity index is 418. The number of hydrogen-bond donors (Lipinski definition) is 1. The summed E-state index contributed by atoms with van der Waals surface area (Å²) in [6.45, 7) is 10.3. The van der Waals surface area contributed by atoms with Gasteiger partial charge in [0.15, 0.2) is 0 Å². The third-order valence-corrected chi connectivity index (χ3v) is 4.01. The van der Waals surface area contributed by atoms with Gasteiger partial charge in [0.05, 0.1) is 6.42 Å². The molecule has 0 aliphatic heterocycles. The lowest BCUT2D eigenvalue weighted by Gasteiger charge is -2.30. The van der Waals surface area contributed by atoms with Gasteiger partial charge >= 0.3 is 0 Å². The fraction of sp³-hybridized carbons (Fsp3) is 0.750. The third-order valence-electron chi connectivity index (χ3n) is 4.01. The summed E-state index contributed by atoms with van der Waals surface area (Å²) in [5.74, 6) is 1.66. The molecule has 114 valence electrons. The van der Waals surface area contributed by atoms with Gasteiger partial charge in [-0.15, -0.1) is 0 Å². The van der Waals surface area contributed by atoms with E-state index in [9.17, 15) is 4.79 Å². The number of rotatable bonds is 8.